The number of halogens is 1. The van der Waals surface area contributed by atoms with E-state index in [0.29, 0.717) is 5.56 Å². The molecule has 0 saturated heterocycles. The van der Waals surface area contributed by atoms with Crippen LogP contribution in [0.4, 0.5) is 0 Å². The second-order valence-electron chi connectivity index (χ2n) is 2.28. The van der Waals surface area contributed by atoms with E-state index in [1.807, 2.05) is 11.5 Å². The molecule has 1 aromatic rings. The fourth-order valence-corrected chi connectivity index (χ4v) is 1.08. The van der Waals surface area contributed by atoms with Crippen LogP contribution in [0.1, 0.15) is 11.6 Å². The zero-order valence-electron chi connectivity index (χ0n) is 6.20. The summed E-state index contributed by atoms with van der Waals surface area (Å²) in [4.78, 5) is 10.7. The first-order valence-electron chi connectivity index (χ1n) is 3.39. The van der Waals surface area contributed by atoms with Crippen LogP contribution >= 0.6 is 11.6 Å². The van der Waals surface area contributed by atoms with E-state index in [1.165, 1.54) is 0 Å². The minimum absolute atomic E-state index is 0.635. The van der Waals surface area contributed by atoms with Gasteiger partial charge in [0.05, 0.1) is 0 Å². The zero-order valence-corrected chi connectivity index (χ0v) is 6.95. The molecule has 12 heavy (non-hydrogen) atoms. The van der Waals surface area contributed by atoms with Crippen molar-refractivity contribution in [2.24, 2.45) is 0 Å². The Labute approximate surface area is 74.9 Å². The minimum Gasteiger partial charge on any atom is -0.316 e. The topological polar surface area (TPSA) is 49.3 Å². The van der Waals surface area contributed by atoms with Gasteiger partial charge in [-0.2, -0.15) is 5.48 Å². The number of carbonyl (C=O) groups is 1. The number of hydrogen-bond acceptors (Lipinski definition) is 3. The van der Waals surface area contributed by atoms with Crippen molar-refractivity contribution in [1.29, 1.82) is 0 Å². The highest BCUT2D eigenvalue weighted by molar-refractivity contribution is 6.64. The number of nitrogens with one attached hydrogen (secondary N) is 1. The number of hydrogen-bond donors (Lipinski definition) is 2. The smallest absolute Gasteiger partial charge is 0.245 e. The van der Waals surface area contributed by atoms with E-state index in [0.717, 1.165) is 0 Å². The van der Waals surface area contributed by atoms with Crippen molar-refractivity contribution in [3.05, 3.63) is 35.9 Å². The van der Waals surface area contributed by atoms with Gasteiger partial charge in [0, 0.05) is 0 Å². The Morgan fingerprint density at radius 3 is 2.42 bits per heavy atom. The predicted molar refractivity (Wildman–Crippen MR) is 45.0 cm³/mol. The maximum absolute atomic E-state index is 10.7. The summed E-state index contributed by atoms with van der Waals surface area (Å²) in [6.45, 7) is 0. The Morgan fingerprint density at radius 2 is 2.00 bits per heavy atom. The number of hydroxylamine groups is 1. The summed E-state index contributed by atoms with van der Waals surface area (Å²) < 4.78 is 0. The maximum Gasteiger partial charge on any atom is 0.245 e. The second kappa shape index (κ2) is 4.21. The molecular weight excluding hydrogens is 178 g/mol. The fourth-order valence-electron chi connectivity index (χ4n) is 0.902. The van der Waals surface area contributed by atoms with Gasteiger partial charge in [0.2, 0.25) is 5.24 Å². The van der Waals surface area contributed by atoms with Gasteiger partial charge in [0.1, 0.15) is 6.04 Å². The summed E-state index contributed by atoms with van der Waals surface area (Å²) in [5.74, 6) is 0. The molecule has 2 N–H and O–H groups in total. The highest BCUT2D eigenvalue weighted by Gasteiger charge is 2.16. The molecule has 1 rings (SSSR count). The van der Waals surface area contributed by atoms with Crippen LogP contribution in [0.3, 0.4) is 0 Å². The first-order valence-corrected chi connectivity index (χ1v) is 3.77. The number of benzene rings is 1. The average Bonchev–Trinajstić information content (AvgIpc) is 2.07. The number of rotatable bonds is 3. The average molecular weight is 186 g/mol. The molecule has 0 spiro atoms. The van der Waals surface area contributed by atoms with Crippen LogP contribution in [0, 0.1) is 0 Å². The third-order valence-corrected chi connectivity index (χ3v) is 1.71. The van der Waals surface area contributed by atoms with Crippen molar-refractivity contribution in [2.75, 3.05) is 0 Å². The van der Waals surface area contributed by atoms with Gasteiger partial charge >= 0.3 is 0 Å². The molecule has 4 heteroatoms. The van der Waals surface area contributed by atoms with Gasteiger partial charge in [0.25, 0.3) is 0 Å². The van der Waals surface area contributed by atoms with Gasteiger partial charge < -0.3 is 5.21 Å². The van der Waals surface area contributed by atoms with Gasteiger partial charge in [-0.05, 0) is 17.2 Å². The molecule has 3 nitrogen and oxygen atoms in total. The van der Waals surface area contributed by atoms with Crippen molar-refractivity contribution in [3.63, 3.8) is 0 Å². The normalized spacial score (nSPS) is 12.5. The van der Waals surface area contributed by atoms with Crippen LogP contribution in [-0.4, -0.2) is 10.4 Å². The zero-order chi connectivity index (χ0) is 8.97. The molecule has 0 fully saturated rings. The molecule has 0 heterocycles. The highest BCUT2D eigenvalue weighted by Crippen LogP contribution is 2.14. The molecule has 1 aromatic carbocycles. The summed E-state index contributed by atoms with van der Waals surface area (Å²) >= 11 is 5.22. The Balaban J connectivity index is 2.88. The third-order valence-electron chi connectivity index (χ3n) is 1.49. The first kappa shape index (κ1) is 9.19. The van der Waals surface area contributed by atoms with Crippen LogP contribution in [0.15, 0.2) is 30.3 Å². The Hall–Kier alpha value is -0.900. The Morgan fingerprint density at radius 1 is 1.42 bits per heavy atom. The summed E-state index contributed by atoms with van der Waals surface area (Å²) in [6.07, 6.45) is 0. The standard InChI is InChI=1S/C8H8ClNO2/c9-8(11)7(10-12)6-4-2-1-3-5-6/h1-5,7,10,12H. The number of carbonyl (C=O) groups excluding carboxylic acids is 1. The maximum atomic E-state index is 10.7. The summed E-state index contributed by atoms with van der Waals surface area (Å²) in [7, 11) is 0. The SMILES string of the molecule is O=C(Cl)C(NO)c1ccccc1. The summed E-state index contributed by atoms with van der Waals surface area (Å²) in [5, 5.41) is 7.96. The second-order valence-corrected chi connectivity index (χ2v) is 2.65. The van der Waals surface area contributed by atoms with E-state index in [4.69, 9.17) is 16.8 Å². The Kier molecular flexibility index (Phi) is 3.22. The highest BCUT2D eigenvalue weighted by atomic mass is 35.5. The molecule has 0 aliphatic heterocycles. The molecule has 1 unspecified atom stereocenters. The van der Waals surface area contributed by atoms with Crippen LogP contribution in [0.25, 0.3) is 0 Å². The van der Waals surface area contributed by atoms with E-state index in [1.54, 1.807) is 24.3 Å². The van der Waals surface area contributed by atoms with Crippen molar-refractivity contribution in [1.82, 2.24) is 5.48 Å². The van der Waals surface area contributed by atoms with E-state index in [-0.39, 0.29) is 0 Å². The van der Waals surface area contributed by atoms with Crippen molar-refractivity contribution >= 4 is 16.8 Å². The van der Waals surface area contributed by atoms with E-state index in [2.05, 4.69) is 0 Å². The van der Waals surface area contributed by atoms with E-state index >= 15 is 0 Å². The van der Waals surface area contributed by atoms with Gasteiger partial charge in [-0.15, -0.1) is 0 Å². The largest absolute Gasteiger partial charge is 0.316 e. The lowest BCUT2D eigenvalue weighted by Gasteiger charge is -2.09. The molecule has 0 amide bonds. The van der Waals surface area contributed by atoms with Gasteiger partial charge in [0.15, 0.2) is 0 Å². The molecule has 0 saturated carbocycles. The fraction of sp³-hybridized carbons (Fsp3) is 0.125. The van der Waals surface area contributed by atoms with Crippen LogP contribution in [0.5, 0.6) is 0 Å². The van der Waals surface area contributed by atoms with E-state index < -0.39 is 11.3 Å². The summed E-state index contributed by atoms with van der Waals surface area (Å²) in [5.41, 5.74) is 2.48. The molecule has 0 aliphatic carbocycles. The molecule has 1 atom stereocenters. The predicted octanol–water partition coefficient (Wildman–Crippen LogP) is 1.47. The first-order chi connectivity index (χ1) is 5.75. The third kappa shape index (κ3) is 2.04. The van der Waals surface area contributed by atoms with E-state index in [9.17, 15) is 4.79 Å². The van der Waals surface area contributed by atoms with Gasteiger partial charge in [-0.25, -0.2) is 0 Å². The lowest BCUT2D eigenvalue weighted by Crippen LogP contribution is -2.22. The van der Waals surface area contributed by atoms with Crippen molar-refractivity contribution < 1.29 is 10.0 Å². The lowest BCUT2D eigenvalue weighted by molar-refractivity contribution is -0.116. The molecular formula is C8H8ClNO2. The monoisotopic (exact) mass is 185 g/mol. The molecule has 64 valence electrons. The quantitative estimate of drug-likeness (QED) is 0.554. The Bertz CT molecular complexity index is 263. The lowest BCUT2D eigenvalue weighted by atomic mass is 10.1. The molecule has 0 radical (unpaired) electrons. The van der Waals surface area contributed by atoms with Gasteiger partial charge in [-0.3, -0.25) is 4.79 Å². The van der Waals surface area contributed by atoms with Crippen LogP contribution < -0.4 is 5.48 Å². The molecule has 0 aliphatic rings. The molecule has 0 bridgehead atoms. The minimum atomic E-state index is -0.840. The summed E-state index contributed by atoms with van der Waals surface area (Å²) in [6, 6.07) is 7.91. The van der Waals surface area contributed by atoms with Crippen molar-refractivity contribution in [2.45, 2.75) is 6.04 Å². The van der Waals surface area contributed by atoms with Crippen LogP contribution in [-0.2, 0) is 4.79 Å². The van der Waals surface area contributed by atoms with Gasteiger partial charge in [-0.1, -0.05) is 30.3 Å². The van der Waals surface area contributed by atoms with Crippen molar-refractivity contribution in [3.8, 4) is 0 Å². The van der Waals surface area contributed by atoms with Crippen LogP contribution in [0.2, 0.25) is 0 Å². The molecule has 0 aromatic heterocycles.